The second-order valence-corrected chi connectivity index (χ2v) is 6.00. The van der Waals surface area contributed by atoms with Crippen LogP contribution in [-0.2, 0) is 4.79 Å². The van der Waals surface area contributed by atoms with Crippen molar-refractivity contribution in [1.82, 2.24) is 0 Å². The summed E-state index contributed by atoms with van der Waals surface area (Å²) in [4.78, 5) is 12.1. The van der Waals surface area contributed by atoms with E-state index < -0.39 is 5.60 Å². The van der Waals surface area contributed by atoms with E-state index in [9.17, 15) is 9.90 Å². The Hall–Kier alpha value is -0.890. The highest BCUT2D eigenvalue weighted by Gasteiger charge is 2.43. The van der Waals surface area contributed by atoms with Crippen LogP contribution in [0.3, 0.4) is 0 Å². The van der Waals surface area contributed by atoms with Crippen LogP contribution in [0.1, 0.15) is 53.4 Å². The first-order valence-electron chi connectivity index (χ1n) is 6.43. The molecular formula is C15H22O2. The number of allylic oxidation sites excluding steroid dienone is 3. The molecule has 0 aromatic carbocycles. The van der Waals surface area contributed by atoms with E-state index in [1.54, 1.807) is 0 Å². The molecule has 1 N–H and O–H groups in total. The SMILES string of the molecule is CC(C)=C1C[C@@H]2C(=C(C)CC1=O)CC[C@@]2(C)O. The topological polar surface area (TPSA) is 37.3 Å². The molecule has 0 aliphatic heterocycles. The third-order valence-electron chi connectivity index (χ3n) is 4.39. The van der Waals surface area contributed by atoms with E-state index in [0.29, 0.717) is 6.42 Å². The van der Waals surface area contributed by atoms with Crippen LogP contribution in [0.25, 0.3) is 0 Å². The van der Waals surface area contributed by atoms with Crippen molar-refractivity contribution in [2.24, 2.45) is 5.92 Å². The van der Waals surface area contributed by atoms with Crippen molar-refractivity contribution in [3.05, 3.63) is 22.3 Å². The third-order valence-corrected chi connectivity index (χ3v) is 4.39. The van der Waals surface area contributed by atoms with Crippen molar-refractivity contribution in [2.45, 2.75) is 59.0 Å². The molecular weight excluding hydrogens is 212 g/mol. The predicted molar refractivity (Wildman–Crippen MR) is 68.7 cm³/mol. The van der Waals surface area contributed by atoms with Crippen LogP contribution in [0.4, 0.5) is 0 Å². The molecule has 0 heterocycles. The monoisotopic (exact) mass is 234 g/mol. The van der Waals surface area contributed by atoms with Crippen molar-refractivity contribution in [3.8, 4) is 0 Å². The summed E-state index contributed by atoms with van der Waals surface area (Å²) >= 11 is 0. The van der Waals surface area contributed by atoms with Crippen molar-refractivity contribution < 1.29 is 9.90 Å². The minimum atomic E-state index is -0.637. The van der Waals surface area contributed by atoms with Gasteiger partial charge in [-0.3, -0.25) is 4.79 Å². The molecule has 0 saturated heterocycles. The highest BCUT2D eigenvalue weighted by Crippen LogP contribution is 2.47. The predicted octanol–water partition coefficient (Wildman–Crippen LogP) is 3.16. The van der Waals surface area contributed by atoms with Gasteiger partial charge in [0, 0.05) is 12.3 Å². The van der Waals surface area contributed by atoms with E-state index in [-0.39, 0.29) is 11.7 Å². The first-order valence-corrected chi connectivity index (χ1v) is 6.43. The highest BCUT2D eigenvalue weighted by molar-refractivity contribution is 5.98. The fraction of sp³-hybridized carbons (Fsp3) is 0.667. The Morgan fingerprint density at radius 1 is 1.41 bits per heavy atom. The van der Waals surface area contributed by atoms with E-state index >= 15 is 0 Å². The third kappa shape index (κ3) is 2.11. The van der Waals surface area contributed by atoms with Crippen molar-refractivity contribution in [3.63, 3.8) is 0 Å². The highest BCUT2D eigenvalue weighted by atomic mass is 16.3. The molecule has 0 spiro atoms. The molecule has 94 valence electrons. The Balaban J connectivity index is 2.46. The van der Waals surface area contributed by atoms with Crippen LogP contribution in [0.2, 0.25) is 0 Å². The number of hydrogen-bond acceptors (Lipinski definition) is 2. The van der Waals surface area contributed by atoms with Gasteiger partial charge in [-0.25, -0.2) is 0 Å². The van der Waals surface area contributed by atoms with E-state index in [2.05, 4.69) is 6.92 Å². The lowest BCUT2D eigenvalue weighted by molar-refractivity contribution is -0.115. The maximum Gasteiger partial charge on any atom is 0.162 e. The van der Waals surface area contributed by atoms with Gasteiger partial charge >= 0.3 is 0 Å². The smallest absolute Gasteiger partial charge is 0.162 e. The summed E-state index contributed by atoms with van der Waals surface area (Å²) in [5.41, 5.74) is 3.92. The molecule has 0 unspecified atom stereocenters. The molecule has 2 nitrogen and oxygen atoms in total. The molecule has 2 rings (SSSR count). The van der Waals surface area contributed by atoms with Gasteiger partial charge in [0.15, 0.2) is 5.78 Å². The van der Waals surface area contributed by atoms with Gasteiger partial charge in [-0.2, -0.15) is 0 Å². The molecule has 0 aromatic rings. The van der Waals surface area contributed by atoms with Gasteiger partial charge in [0.2, 0.25) is 0 Å². The second-order valence-electron chi connectivity index (χ2n) is 6.00. The van der Waals surface area contributed by atoms with E-state index in [4.69, 9.17) is 0 Å². The maximum absolute atomic E-state index is 12.1. The lowest BCUT2D eigenvalue weighted by atomic mass is 9.84. The molecule has 0 radical (unpaired) electrons. The molecule has 17 heavy (non-hydrogen) atoms. The fourth-order valence-corrected chi connectivity index (χ4v) is 3.23. The number of fused-ring (bicyclic) bond motifs is 1. The molecule has 1 fully saturated rings. The summed E-state index contributed by atoms with van der Waals surface area (Å²) in [7, 11) is 0. The van der Waals surface area contributed by atoms with Gasteiger partial charge in [-0.15, -0.1) is 0 Å². The first kappa shape index (κ1) is 12.6. The van der Waals surface area contributed by atoms with Crippen LogP contribution >= 0.6 is 0 Å². The van der Waals surface area contributed by atoms with Gasteiger partial charge in [0.25, 0.3) is 0 Å². The van der Waals surface area contributed by atoms with Crippen molar-refractivity contribution in [1.29, 1.82) is 0 Å². The molecule has 2 aliphatic rings. The average molecular weight is 234 g/mol. The fourth-order valence-electron chi connectivity index (χ4n) is 3.23. The van der Waals surface area contributed by atoms with Gasteiger partial charge < -0.3 is 5.11 Å². The Bertz CT molecular complexity index is 420. The average Bonchev–Trinajstić information content (AvgIpc) is 2.41. The van der Waals surface area contributed by atoms with Gasteiger partial charge in [0.1, 0.15) is 0 Å². The van der Waals surface area contributed by atoms with Crippen LogP contribution < -0.4 is 0 Å². The summed E-state index contributed by atoms with van der Waals surface area (Å²) in [6, 6.07) is 0. The molecule has 0 bridgehead atoms. The molecule has 2 heteroatoms. The minimum Gasteiger partial charge on any atom is -0.390 e. The number of hydrogen-bond donors (Lipinski definition) is 1. The maximum atomic E-state index is 12.1. The summed E-state index contributed by atoms with van der Waals surface area (Å²) < 4.78 is 0. The second kappa shape index (κ2) is 4.09. The zero-order chi connectivity index (χ0) is 12.8. The minimum absolute atomic E-state index is 0.152. The van der Waals surface area contributed by atoms with Gasteiger partial charge in [0.05, 0.1) is 5.60 Å². The first-order chi connectivity index (χ1) is 7.83. The summed E-state index contributed by atoms with van der Waals surface area (Å²) in [5, 5.41) is 10.5. The summed E-state index contributed by atoms with van der Waals surface area (Å²) in [6.45, 7) is 7.96. The van der Waals surface area contributed by atoms with Crippen LogP contribution in [0.15, 0.2) is 22.3 Å². The number of Topliss-reactive ketones (excluding diaryl/α,β-unsaturated/α-hetero) is 1. The van der Waals surface area contributed by atoms with Gasteiger partial charge in [-0.05, 0) is 52.5 Å². The van der Waals surface area contributed by atoms with Gasteiger partial charge in [-0.1, -0.05) is 16.7 Å². The largest absolute Gasteiger partial charge is 0.390 e. The number of rotatable bonds is 0. The zero-order valence-electron chi connectivity index (χ0n) is 11.3. The van der Waals surface area contributed by atoms with E-state index in [1.807, 2.05) is 20.8 Å². The van der Waals surface area contributed by atoms with E-state index in [0.717, 1.165) is 30.4 Å². The lowest BCUT2D eigenvalue weighted by Crippen LogP contribution is -2.30. The molecule has 1 saturated carbocycles. The molecule has 2 atom stereocenters. The van der Waals surface area contributed by atoms with E-state index in [1.165, 1.54) is 11.1 Å². The molecule has 0 amide bonds. The van der Waals surface area contributed by atoms with Crippen LogP contribution in [-0.4, -0.2) is 16.5 Å². The van der Waals surface area contributed by atoms with Crippen LogP contribution in [0, 0.1) is 5.92 Å². The van der Waals surface area contributed by atoms with Crippen molar-refractivity contribution >= 4 is 5.78 Å². The Kier molecular flexibility index (Phi) is 3.03. The summed E-state index contributed by atoms with van der Waals surface area (Å²) in [6.07, 6.45) is 3.05. The quantitative estimate of drug-likeness (QED) is 0.516. The molecule has 2 aliphatic carbocycles. The normalized spacial score (nSPS) is 33.8. The standard InChI is InChI=1S/C15H22O2/c1-9(2)12-8-13-11(5-6-15(13,4)17)10(3)7-14(12)16/h13,17H,5-8H2,1-4H3/t13-,15-/m1/s1. The molecule has 0 aromatic heterocycles. The Labute approximate surface area is 103 Å². The Morgan fingerprint density at radius 2 is 2.06 bits per heavy atom. The zero-order valence-corrected chi connectivity index (χ0v) is 11.3. The van der Waals surface area contributed by atoms with Crippen molar-refractivity contribution in [2.75, 3.05) is 0 Å². The van der Waals surface area contributed by atoms with Crippen LogP contribution in [0.5, 0.6) is 0 Å². The summed E-state index contributed by atoms with van der Waals surface area (Å²) in [5.74, 6) is 0.402. The Morgan fingerprint density at radius 3 is 2.65 bits per heavy atom. The number of carbonyl (C=O) groups is 1. The number of aliphatic hydroxyl groups is 1. The lowest BCUT2D eigenvalue weighted by Gasteiger charge is -2.26. The number of carbonyl (C=O) groups excluding carboxylic acids is 1. The number of ketones is 1.